The summed E-state index contributed by atoms with van der Waals surface area (Å²) in [5, 5.41) is 19.6. The molecule has 0 radical (unpaired) electrons. The second-order valence-corrected chi connectivity index (χ2v) is 5.48. The summed E-state index contributed by atoms with van der Waals surface area (Å²) < 4.78 is 0. The normalized spacial score (nSPS) is 32.0. The first-order valence-corrected chi connectivity index (χ1v) is 6.74. The number of aliphatic hydroxyl groups excluding tert-OH is 1. The topological polar surface area (TPSA) is 44.0 Å². The highest BCUT2D eigenvalue weighted by molar-refractivity contribution is 5.05. The third-order valence-electron chi connectivity index (χ3n) is 3.97. The number of hydrogen-bond acceptors (Lipinski definition) is 2. The number of unbranched alkanes of at least 4 members (excludes halogenated alkanes) is 2. The van der Waals surface area contributed by atoms with Gasteiger partial charge in [0.25, 0.3) is 0 Å². The van der Waals surface area contributed by atoms with Crippen LogP contribution in [0.2, 0.25) is 0 Å². The summed E-state index contributed by atoms with van der Waals surface area (Å²) in [6.45, 7) is 4.36. The molecule has 3 atom stereocenters. The Morgan fingerprint density at radius 3 is 2.81 bits per heavy atom. The van der Waals surface area contributed by atoms with E-state index in [4.69, 9.17) is 0 Å². The summed E-state index contributed by atoms with van der Waals surface area (Å²) in [6, 6.07) is 2.42. The molecule has 0 spiro atoms. The van der Waals surface area contributed by atoms with Crippen molar-refractivity contribution in [1.29, 1.82) is 5.26 Å². The highest BCUT2D eigenvalue weighted by Gasteiger charge is 2.41. The van der Waals surface area contributed by atoms with E-state index in [1.807, 2.05) is 0 Å². The van der Waals surface area contributed by atoms with Crippen molar-refractivity contribution >= 4 is 0 Å². The van der Waals surface area contributed by atoms with Crippen molar-refractivity contribution in [2.45, 2.75) is 71.3 Å². The van der Waals surface area contributed by atoms with Crippen LogP contribution in [0.1, 0.15) is 65.2 Å². The number of aliphatic hydroxyl groups is 1. The lowest BCUT2D eigenvalue weighted by Gasteiger charge is -2.38. The molecule has 2 heteroatoms. The van der Waals surface area contributed by atoms with Gasteiger partial charge in [0.05, 0.1) is 17.6 Å². The van der Waals surface area contributed by atoms with Gasteiger partial charge in [-0.05, 0) is 25.2 Å². The quantitative estimate of drug-likeness (QED) is 0.723. The highest BCUT2D eigenvalue weighted by Crippen LogP contribution is 2.42. The maximum atomic E-state index is 10.2. The van der Waals surface area contributed by atoms with Crippen molar-refractivity contribution in [3.05, 3.63) is 0 Å². The lowest BCUT2D eigenvalue weighted by molar-refractivity contribution is 0.0160. The number of nitrogens with zero attached hydrogens (tertiary/aromatic N) is 1. The van der Waals surface area contributed by atoms with Gasteiger partial charge in [0, 0.05) is 0 Å². The molecule has 1 saturated carbocycles. The molecule has 0 aromatic carbocycles. The van der Waals surface area contributed by atoms with Crippen LogP contribution < -0.4 is 0 Å². The Hall–Kier alpha value is -0.550. The van der Waals surface area contributed by atoms with Gasteiger partial charge in [-0.1, -0.05) is 46.0 Å². The van der Waals surface area contributed by atoms with Crippen LogP contribution in [-0.4, -0.2) is 11.2 Å². The second kappa shape index (κ2) is 6.25. The van der Waals surface area contributed by atoms with E-state index in [0.717, 1.165) is 38.5 Å². The van der Waals surface area contributed by atoms with E-state index < -0.39 is 11.5 Å². The SMILES string of the molecule is CCCCCC(O)C1(C#N)CCCC(C)C1. The number of nitriles is 1. The molecule has 0 bridgehead atoms. The predicted molar refractivity (Wildman–Crippen MR) is 65.8 cm³/mol. The fourth-order valence-corrected chi connectivity index (χ4v) is 2.93. The van der Waals surface area contributed by atoms with Gasteiger partial charge in [0.2, 0.25) is 0 Å². The Bertz CT molecular complexity index is 246. The average molecular weight is 223 g/mol. The van der Waals surface area contributed by atoms with Crippen molar-refractivity contribution in [2.24, 2.45) is 11.3 Å². The summed E-state index contributed by atoms with van der Waals surface area (Å²) in [6.07, 6.45) is 7.86. The molecule has 0 saturated heterocycles. The maximum Gasteiger partial charge on any atom is 0.0834 e. The van der Waals surface area contributed by atoms with Crippen LogP contribution in [0.5, 0.6) is 0 Å². The molecule has 2 nitrogen and oxygen atoms in total. The molecule has 1 rings (SSSR count). The molecule has 1 aliphatic carbocycles. The fourth-order valence-electron chi connectivity index (χ4n) is 2.93. The Morgan fingerprint density at radius 1 is 1.50 bits per heavy atom. The maximum absolute atomic E-state index is 10.2. The van der Waals surface area contributed by atoms with E-state index in [9.17, 15) is 10.4 Å². The van der Waals surface area contributed by atoms with E-state index in [-0.39, 0.29) is 0 Å². The minimum Gasteiger partial charge on any atom is -0.391 e. The van der Waals surface area contributed by atoms with Crippen molar-refractivity contribution in [3.8, 4) is 6.07 Å². The molecule has 0 heterocycles. The molecule has 0 aliphatic heterocycles. The first-order valence-electron chi connectivity index (χ1n) is 6.74. The van der Waals surface area contributed by atoms with Crippen LogP contribution in [0.4, 0.5) is 0 Å². The van der Waals surface area contributed by atoms with E-state index in [2.05, 4.69) is 19.9 Å². The Morgan fingerprint density at radius 2 is 2.25 bits per heavy atom. The lowest BCUT2D eigenvalue weighted by Crippen LogP contribution is -2.38. The molecule has 92 valence electrons. The summed E-state index contributed by atoms with van der Waals surface area (Å²) in [5.41, 5.74) is -0.439. The minimum atomic E-state index is -0.439. The molecule has 3 unspecified atom stereocenters. The van der Waals surface area contributed by atoms with Crippen LogP contribution in [-0.2, 0) is 0 Å². The molecule has 1 aliphatic rings. The van der Waals surface area contributed by atoms with E-state index >= 15 is 0 Å². The molecular formula is C14H25NO. The van der Waals surface area contributed by atoms with Gasteiger partial charge in [-0.15, -0.1) is 0 Å². The molecule has 1 N–H and O–H groups in total. The van der Waals surface area contributed by atoms with Gasteiger partial charge < -0.3 is 5.11 Å². The first kappa shape index (κ1) is 13.5. The zero-order valence-electron chi connectivity index (χ0n) is 10.7. The third-order valence-corrected chi connectivity index (χ3v) is 3.97. The van der Waals surface area contributed by atoms with Gasteiger partial charge in [-0.3, -0.25) is 0 Å². The van der Waals surface area contributed by atoms with Crippen molar-refractivity contribution < 1.29 is 5.11 Å². The third kappa shape index (κ3) is 3.22. The average Bonchev–Trinajstić information content (AvgIpc) is 2.29. The van der Waals surface area contributed by atoms with Gasteiger partial charge in [0.15, 0.2) is 0 Å². The smallest absolute Gasteiger partial charge is 0.0834 e. The van der Waals surface area contributed by atoms with Crippen LogP contribution in [0, 0.1) is 22.7 Å². The highest BCUT2D eigenvalue weighted by atomic mass is 16.3. The first-order chi connectivity index (χ1) is 7.64. The van der Waals surface area contributed by atoms with E-state index in [1.165, 1.54) is 12.8 Å². The fraction of sp³-hybridized carbons (Fsp3) is 0.929. The van der Waals surface area contributed by atoms with Gasteiger partial charge in [0.1, 0.15) is 0 Å². The monoisotopic (exact) mass is 223 g/mol. The summed E-state index contributed by atoms with van der Waals surface area (Å²) in [5.74, 6) is 0.592. The number of rotatable bonds is 5. The van der Waals surface area contributed by atoms with Crippen molar-refractivity contribution in [2.75, 3.05) is 0 Å². The number of hydrogen-bond donors (Lipinski definition) is 1. The van der Waals surface area contributed by atoms with E-state index in [1.54, 1.807) is 0 Å². The summed E-state index contributed by atoms with van der Waals surface area (Å²) in [4.78, 5) is 0. The second-order valence-electron chi connectivity index (χ2n) is 5.48. The molecule has 0 aromatic heterocycles. The van der Waals surface area contributed by atoms with E-state index in [0.29, 0.717) is 5.92 Å². The molecule has 1 fully saturated rings. The van der Waals surface area contributed by atoms with Crippen molar-refractivity contribution in [3.63, 3.8) is 0 Å². The summed E-state index contributed by atoms with van der Waals surface area (Å²) in [7, 11) is 0. The van der Waals surface area contributed by atoms with Gasteiger partial charge in [-0.25, -0.2) is 0 Å². The van der Waals surface area contributed by atoms with Gasteiger partial charge in [-0.2, -0.15) is 5.26 Å². The van der Waals surface area contributed by atoms with Crippen LogP contribution in [0.25, 0.3) is 0 Å². The van der Waals surface area contributed by atoms with Crippen LogP contribution >= 0.6 is 0 Å². The molecule has 16 heavy (non-hydrogen) atoms. The molecule has 0 amide bonds. The van der Waals surface area contributed by atoms with Crippen LogP contribution in [0.3, 0.4) is 0 Å². The molecular weight excluding hydrogens is 198 g/mol. The Balaban J connectivity index is 2.54. The Kier molecular flexibility index (Phi) is 5.28. The zero-order chi connectivity index (χ0) is 12.0. The standard InChI is InChI=1S/C14H25NO/c1-3-4-5-8-13(16)14(11-15)9-6-7-12(2)10-14/h12-13,16H,3-10H2,1-2H3. The largest absolute Gasteiger partial charge is 0.391 e. The minimum absolute atomic E-state index is 0.410. The zero-order valence-corrected chi connectivity index (χ0v) is 10.7. The Labute approximate surface area is 99.7 Å². The predicted octanol–water partition coefficient (Wildman–Crippen LogP) is 3.65. The summed E-state index contributed by atoms with van der Waals surface area (Å²) >= 11 is 0. The van der Waals surface area contributed by atoms with Crippen molar-refractivity contribution in [1.82, 2.24) is 0 Å². The van der Waals surface area contributed by atoms with Crippen LogP contribution in [0.15, 0.2) is 0 Å². The lowest BCUT2D eigenvalue weighted by atomic mass is 9.67. The van der Waals surface area contributed by atoms with Gasteiger partial charge >= 0.3 is 0 Å². The molecule has 0 aromatic rings.